The maximum Gasteiger partial charge on any atom is 0.299 e. The quantitative estimate of drug-likeness (QED) is 0.419. The molecule has 0 aliphatic heterocycles. The Bertz CT molecular complexity index is 1250. The number of nitrogens with one attached hydrogen (secondary N) is 1. The van der Waals surface area contributed by atoms with Gasteiger partial charge in [0.2, 0.25) is 0 Å². The number of rotatable bonds is 6. The van der Waals surface area contributed by atoms with Crippen LogP contribution in [0.1, 0.15) is 5.56 Å². The molecule has 7 heteroatoms. The molecule has 1 aromatic heterocycles. The number of nitrogens with zero attached hydrogens (tertiary/aromatic N) is 3. The van der Waals surface area contributed by atoms with Crippen LogP contribution in [0.2, 0.25) is 0 Å². The number of ether oxygens (including phenoxy) is 2. The van der Waals surface area contributed by atoms with Gasteiger partial charge in [-0.15, -0.1) is 5.11 Å². The minimum atomic E-state index is -0.285. The first kappa shape index (κ1) is 20.2. The van der Waals surface area contributed by atoms with Crippen molar-refractivity contribution in [3.8, 4) is 28.4 Å². The second-order valence-electron chi connectivity index (χ2n) is 6.94. The zero-order valence-corrected chi connectivity index (χ0v) is 17.5. The van der Waals surface area contributed by atoms with Crippen LogP contribution in [0.3, 0.4) is 0 Å². The van der Waals surface area contributed by atoms with Crippen molar-refractivity contribution in [3.63, 3.8) is 0 Å². The Labute approximate surface area is 179 Å². The standard InChI is InChI=1S/C24H22N4O3/c1-16-4-10-19(11-5-16)28-24(29)23(26-25-18-8-14-21(31-3)15-9-18)22(27-28)17-6-12-20(30-2)13-7-17/h4-15,27H,1-3H3. The third-order valence-electron chi connectivity index (χ3n) is 4.87. The maximum absolute atomic E-state index is 13.2. The summed E-state index contributed by atoms with van der Waals surface area (Å²) in [6.07, 6.45) is 0. The zero-order chi connectivity index (χ0) is 21.8. The molecule has 1 N–H and O–H groups in total. The summed E-state index contributed by atoms with van der Waals surface area (Å²) in [5.74, 6) is 1.45. The number of aromatic amines is 1. The Morgan fingerprint density at radius 2 is 1.35 bits per heavy atom. The Balaban J connectivity index is 1.81. The molecule has 156 valence electrons. The lowest BCUT2D eigenvalue weighted by atomic mass is 10.1. The van der Waals surface area contributed by atoms with Gasteiger partial charge in [-0.25, -0.2) is 4.68 Å². The molecule has 0 fully saturated rings. The van der Waals surface area contributed by atoms with Crippen molar-refractivity contribution in [2.75, 3.05) is 14.2 Å². The minimum absolute atomic E-state index is 0.224. The average Bonchev–Trinajstić information content (AvgIpc) is 3.14. The van der Waals surface area contributed by atoms with E-state index in [9.17, 15) is 4.79 Å². The van der Waals surface area contributed by atoms with Gasteiger partial charge in [0.1, 0.15) is 11.5 Å². The third kappa shape index (κ3) is 4.25. The van der Waals surface area contributed by atoms with Crippen LogP contribution >= 0.6 is 0 Å². The summed E-state index contributed by atoms with van der Waals surface area (Å²) in [5, 5.41) is 11.8. The van der Waals surface area contributed by atoms with Crippen LogP contribution in [0.25, 0.3) is 16.9 Å². The van der Waals surface area contributed by atoms with Crippen molar-refractivity contribution in [1.82, 2.24) is 9.78 Å². The summed E-state index contributed by atoms with van der Waals surface area (Å²) in [7, 11) is 3.21. The van der Waals surface area contributed by atoms with E-state index in [-0.39, 0.29) is 11.2 Å². The first-order chi connectivity index (χ1) is 15.1. The molecule has 0 unspecified atom stereocenters. The highest BCUT2D eigenvalue weighted by atomic mass is 16.5. The van der Waals surface area contributed by atoms with E-state index >= 15 is 0 Å². The number of aromatic nitrogens is 2. The molecular formula is C24H22N4O3. The van der Waals surface area contributed by atoms with Crippen LogP contribution < -0.4 is 15.0 Å². The van der Waals surface area contributed by atoms with E-state index < -0.39 is 0 Å². The molecule has 0 atom stereocenters. The minimum Gasteiger partial charge on any atom is -0.497 e. The van der Waals surface area contributed by atoms with Crippen molar-refractivity contribution in [2.45, 2.75) is 6.92 Å². The van der Waals surface area contributed by atoms with Gasteiger partial charge in [-0.05, 0) is 67.6 Å². The maximum atomic E-state index is 13.2. The fourth-order valence-electron chi connectivity index (χ4n) is 3.11. The number of aryl methyl sites for hydroxylation is 1. The van der Waals surface area contributed by atoms with Gasteiger partial charge in [-0.1, -0.05) is 17.7 Å². The zero-order valence-electron chi connectivity index (χ0n) is 17.5. The number of azo groups is 1. The normalized spacial score (nSPS) is 11.1. The highest BCUT2D eigenvalue weighted by Gasteiger charge is 2.17. The molecule has 3 aromatic carbocycles. The number of methoxy groups -OCH3 is 2. The van der Waals surface area contributed by atoms with Gasteiger partial charge < -0.3 is 9.47 Å². The van der Waals surface area contributed by atoms with Crippen LogP contribution in [0.15, 0.2) is 87.8 Å². The highest BCUT2D eigenvalue weighted by molar-refractivity contribution is 5.72. The molecule has 0 spiro atoms. The predicted molar refractivity (Wildman–Crippen MR) is 120 cm³/mol. The van der Waals surface area contributed by atoms with Crippen LogP contribution in [0.4, 0.5) is 11.4 Å². The van der Waals surface area contributed by atoms with E-state index in [1.54, 1.807) is 38.5 Å². The molecule has 4 rings (SSSR count). The number of hydrogen-bond donors (Lipinski definition) is 1. The van der Waals surface area contributed by atoms with Crippen molar-refractivity contribution in [2.24, 2.45) is 10.2 Å². The molecular weight excluding hydrogens is 392 g/mol. The number of hydrogen-bond acceptors (Lipinski definition) is 5. The Kier molecular flexibility index (Phi) is 5.66. The van der Waals surface area contributed by atoms with E-state index in [1.807, 2.05) is 55.5 Å². The van der Waals surface area contributed by atoms with Crippen molar-refractivity contribution in [3.05, 3.63) is 88.7 Å². The summed E-state index contributed by atoms with van der Waals surface area (Å²) in [4.78, 5) is 13.2. The Morgan fingerprint density at radius 1 is 0.774 bits per heavy atom. The fraction of sp³-hybridized carbons (Fsp3) is 0.125. The lowest BCUT2D eigenvalue weighted by Crippen LogP contribution is -2.13. The van der Waals surface area contributed by atoms with Crippen LogP contribution in [0.5, 0.6) is 11.5 Å². The van der Waals surface area contributed by atoms with Gasteiger partial charge in [-0.3, -0.25) is 9.89 Å². The predicted octanol–water partition coefficient (Wildman–Crippen LogP) is 5.57. The topological polar surface area (TPSA) is 81.0 Å². The van der Waals surface area contributed by atoms with Gasteiger partial charge in [0.25, 0.3) is 5.56 Å². The summed E-state index contributed by atoms with van der Waals surface area (Å²) >= 11 is 0. The average molecular weight is 414 g/mol. The second-order valence-corrected chi connectivity index (χ2v) is 6.94. The molecule has 0 radical (unpaired) electrons. The summed E-state index contributed by atoms with van der Waals surface area (Å²) in [6.45, 7) is 2.00. The van der Waals surface area contributed by atoms with Crippen molar-refractivity contribution >= 4 is 11.4 Å². The fourth-order valence-corrected chi connectivity index (χ4v) is 3.11. The molecule has 0 bridgehead atoms. The number of H-pyrrole nitrogens is 1. The Hall–Kier alpha value is -4.13. The SMILES string of the molecule is COc1ccc(N=Nc2c(-c3ccc(OC)cc3)[nH]n(-c3ccc(C)cc3)c2=O)cc1. The van der Waals surface area contributed by atoms with Gasteiger partial charge in [0.15, 0.2) is 5.69 Å². The second kappa shape index (κ2) is 8.71. The van der Waals surface area contributed by atoms with Crippen molar-refractivity contribution in [1.29, 1.82) is 0 Å². The summed E-state index contributed by atoms with van der Waals surface area (Å²) in [6, 6.07) is 22.2. The molecule has 31 heavy (non-hydrogen) atoms. The van der Waals surface area contributed by atoms with Gasteiger partial charge in [0, 0.05) is 5.56 Å². The lowest BCUT2D eigenvalue weighted by molar-refractivity contribution is 0.414. The van der Waals surface area contributed by atoms with Crippen LogP contribution in [-0.2, 0) is 0 Å². The van der Waals surface area contributed by atoms with Gasteiger partial charge >= 0.3 is 0 Å². The lowest BCUT2D eigenvalue weighted by Gasteiger charge is -2.04. The van der Waals surface area contributed by atoms with E-state index in [0.29, 0.717) is 11.4 Å². The molecule has 0 aliphatic carbocycles. The van der Waals surface area contributed by atoms with E-state index in [4.69, 9.17) is 9.47 Å². The molecule has 0 aliphatic rings. The molecule has 0 amide bonds. The van der Waals surface area contributed by atoms with Gasteiger partial charge in [-0.2, -0.15) is 5.11 Å². The Morgan fingerprint density at radius 3 is 1.94 bits per heavy atom. The van der Waals surface area contributed by atoms with Gasteiger partial charge in [0.05, 0.1) is 31.3 Å². The molecule has 0 saturated carbocycles. The highest BCUT2D eigenvalue weighted by Crippen LogP contribution is 2.30. The molecule has 0 saturated heterocycles. The van der Waals surface area contributed by atoms with Crippen molar-refractivity contribution < 1.29 is 9.47 Å². The van der Waals surface area contributed by atoms with E-state index in [2.05, 4.69) is 15.3 Å². The summed E-state index contributed by atoms with van der Waals surface area (Å²) < 4.78 is 11.9. The first-order valence-corrected chi connectivity index (χ1v) is 9.71. The van der Waals surface area contributed by atoms with Crippen LogP contribution in [-0.4, -0.2) is 24.0 Å². The monoisotopic (exact) mass is 414 g/mol. The third-order valence-corrected chi connectivity index (χ3v) is 4.87. The summed E-state index contributed by atoms with van der Waals surface area (Å²) in [5.41, 5.74) is 3.75. The van der Waals surface area contributed by atoms with E-state index in [1.165, 1.54) is 4.68 Å². The largest absolute Gasteiger partial charge is 0.497 e. The molecule has 7 nitrogen and oxygen atoms in total. The molecule has 4 aromatic rings. The first-order valence-electron chi connectivity index (χ1n) is 9.71. The van der Waals surface area contributed by atoms with E-state index in [0.717, 1.165) is 28.3 Å². The molecule has 1 heterocycles. The van der Waals surface area contributed by atoms with Crippen LogP contribution in [0, 0.1) is 6.92 Å². The smallest absolute Gasteiger partial charge is 0.299 e. The number of benzene rings is 3.